The maximum absolute atomic E-state index is 12.5. The summed E-state index contributed by atoms with van der Waals surface area (Å²) in [5.74, 6) is 0.137. The number of carbonyl (C=O) groups excluding carboxylic acids is 2. The summed E-state index contributed by atoms with van der Waals surface area (Å²) < 4.78 is 0. The highest BCUT2D eigenvalue weighted by molar-refractivity contribution is 5.81. The largest absolute Gasteiger partial charge is 0.355 e. The SMILES string of the molecule is CCNC(=O)CN(CC)CC(=O)N1C(C)CCCC1C. The summed E-state index contributed by atoms with van der Waals surface area (Å²) >= 11 is 0. The van der Waals surface area contributed by atoms with Crippen LogP contribution in [-0.2, 0) is 9.59 Å². The van der Waals surface area contributed by atoms with Crippen LogP contribution in [0.5, 0.6) is 0 Å². The van der Waals surface area contributed by atoms with Gasteiger partial charge in [-0.2, -0.15) is 0 Å². The highest BCUT2D eigenvalue weighted by Gasteiger charge is 2.29. The molecule has 0 aliphatic carbocycles. The van der Waals surface area contributed by atoms with E-state index in [2.05, 4.69) is 19.2 Å². The fourth-order valence-electron chi connectivity index (χ4n) is 2.92. The standard InChI is InChI=1S/C15H29N3O2/c1-5-16-14(19)10-17(6-2)11-15(20)18-12(3)8-7-9-13(18)4/h12-13H,5-11H2,1-4H3,(H,16,19). The van der Waals surface area contributed by atoms with Crippen molar-refractivity contribution in [1.82, 2.24) is 15.1 Å². The average molecular weight is 283 g/mol. The second kappa shape index (κ2) is 8.25. The Morgan fingerprint density at radius 2 is 1.75 bits per heavy atom. The van der Waals surface area contributed by atoms with Crippen LogP contribution in [0.2, 0.25) is 0 Å². The van der Waals surface area contributed by atoms with Gasteiger partial charge in [-0.3, -0.25) is 14.5 Å². The van der Waals surface area contributed by atoms with E-state index < -0.39 is 0 Å². The van der Waals surface area contributed by atoms with E-state index >= 15 is 0 Å². The third-order valence-electron chi connectivity index (χ3n) is 4.03. The minimum atomic E-state index is -0.0121. The van der Waals surface area contributed by atoms with Crippen LogP contribution >= 0.6 is 0 Å². The Morgan fingerprint density at radius 1 is 1.15 bits per heavy atom. The molecule has 1 aliphatic rings. The first-order valence-electron chi connectivity index (χ1n) is 7.79. The highest BCUT2D eigenvalue weighted by atomic mass is 16.2. The van der Waals surface area contributed by atoms with Crippen LogP contribution in [0.3, 0.4) is 0 Å². The van der Waals surface area contributed by atoms with Crippen molar-refractivity contribution in [3.8, 4) is 0 Å². The molecule has 116 valence electrons. The van der Waals surface area contributed by atoms with Crippen LogP contribution in [-0.4, -0.2) is 59.9 Å². The fraction of sp³-hybridized carbons (Fsp3) is 0.867. The lowest BCUT2D eigenvalue weighted by Crippen LogP contribution is -2.52. The van der Waals surface area contributed by atoms with Gasteiger partial charge in [-0.05, 0) is 46.6 Å². The van der Waals surface area contributed by atoms with Crippen molar-refractivity contribution in [2.24, 2.45) is 0 Å². The van der Waals surface area contributed by atoms with Gasteiger partial charge in [0.2, 0.25) is 11.8 Å². The zero-order chi connectivity index (χ0) is 15.1. The first-order chi connectivity index (χ1) is 9.49. The van der Waals surface area contributed by atoms with Crippen molar-refractivity contribution in [3.05, 3.63) is 0 Å². The van der Waals surface area contributed by atoms with Crippen LogP contribution in [0.1, 0.15) is 47.0 Å². The van der Waals surface area contributed by atoms with E-state index in [1.54, 1.807) is 0 Å². The molecular weight excluding hydrogens is 254 g/mol. The van der Waals surface area contributed by atoms with Crippen LogP contribution in [0, 0.1) is 0 Å². The topological polar surface area (TPSA) is 52.7 Å². The molecule has 1 N–H and O–H groups in total. The maximum Gasteiger partial charge on any atom is 0.237 e. The highest BCUT2D eigenvalue weighted by Crippen LogP contribution is 2.22. The summed E-state index contributed by atoms with van der Waals surface area (Å²) in [6, 6.07) is 0.629. The number of carbonyl (C=O) groups is 2. The van der Waals surface area contributed by atoms with E-state index in [9.17, 15) is 9.59 Å². The van der Waals surface area contributed by atoms with Gasteiger partial charge < -0.3 is 10.2 Å². The Hall–Kier alpha value is -1.10. The number of nitrogens with one attached hydrogen (secondary N) is 1. The second-order valence-electron chi connectivity index (χ2n) is 5.69. The van der Waals surface area contributed by atoms with E-state index in [0.717, 1.165) is 12.8 Å². The molecule has 0 aromatic heterocycles. The number of nitrogens with zero attached hydrogens (tertiary/aromatic N) is 2. The molecule has 0 radical (unpaired) electrons. The maximum atomic E-state index is 12.5. The molecule has 0 aromatic rings. The molecule has 1 rings (SSSR count). The second-order valence-corrected chi connectivity index (χ2v) is 5.69. The molecule has 1 heterocycles. The first-order valence-corrected chi connectivity index (χ1v) is 7.79. The number of hydrogen-bond donors (Lipinski definition) is 1. The summed E-state index contributed by atoms with van der Waals surface area (Å²) in [5.41, 5.74) is 0. The quantitative estimate of drug-likeness (QED) is 0.798. The molecule has 2 unspecified atom stereocenters. The van der Waals surface area contributed by atoms with Crippen molar-refractivity contribution < 1.29 is 9.59 Å². The van der Waals surface area contributed by atoms with E-state index in [4.69, 9.17) is 0 Å². The van der Waals surface area contributed by atoms with Gasteiger partial charge in [-0.1, -0.05) is 6.92 Å². The summed E-state index contributed by atoms with van der Waals surface area (Å²) in [7, 11) is 0. The lowest BCUT2D eigenvalue weighted by atomic mass is 9.97. The number of amides is 2. The zero-order valence-electron chi connectivity index (χ0n) is 13.3. The number of piperidine rings is 1. The molecule has 1 aliphatic heterocycles. The van der Waals surface area contributed by atoms with Gasteiger partial charge in [-0.25, -0.2) is 0 Å². The van der Waals surface area contributed by atoms with Crippen LogP contribution in [0.25, 0.3) is 0 Å². The van der Waals surface area contributed by atoms with Gasteiger partial charge in [0.05, 0.1) is 13.1 Å². The molecule has 20 heavy (non-hydrogen) atoms. The van der Waals surface area contributed by atoms with Crippen molar-refractivity contribution in [2.75, 3.05) is 26.2 Å². The molecule has 0 bridgehead atoms. The summed E-state index contributed by atoms with van der Waals surface area (Å²) in [6.45, 7) is 10.1. The predicted molar refractivity (Wildman–Crippen MR) is 80.4 cm³/mol. The molecule has 0 saturated carbocycles. The van der Waals surface area contributed by atoms with Crippen LogP contribution in [0.15, 0.2) is 0 Å². The van der Waals surface area contributed by atoms with Gasteiger partial charge in [0.25, 0.3) is 0 Å². The van der Waals surface area contributed by atoms with Gasteiger partial charge >= 0.3 is 0 Å². The molecule has 1 saturated heterocycles. The van der Waals surface area contributed by atoms with Crippen molar-refractivity contribution in [1.29, 1.82) is 0 Å². The summed E-state index contributed by atoms with van der Waals surface area (Å²) in [4.78, 5) is 28.0. The van der Waals surface area contributed by atoms with Gasteiger partial charge in [0, 0.05) is 18.6 Å². The summed E-state index contributed by atoms with van der Waals surface area (Å²) in [5, 5.41) is 2.78. The van der Waals surface area contributed by atoms with Crippen molar-refractivity contribution in [3.63, 3.8) is 0 Å². The lowest BCUT2D eigenvalue weighted by Gasteiger charge is -2.40. The lowest BCUT2D eigenvalue weighted by molar-refractivity contribution is -0.138. The third kappa shape index (κ3) is 4.78. The molecular formula is C15H29N3O2. The van der Waals surface area contributed by atoms with E-state index in [0.29, 0.717) is 38.3 Å². The Balaban J connectivity index is 2.55. The fourth-order valence-corrected chi connectivity index (χ4v) is 2.92. The van der Waals surface area contributed by atoms with Crippen LogP contribution < -0.4 is 5.32 Å². The normalized spacial score (nSPS) is 22.9. The Labute approximate surface area is 122 Å². The molecule has 0 aromatic carbocycles. The van der Waals surface area contributed by atoms with E-state index in [-0.39, 0.29) is 11.8 Å². The Kier molecular flexibility index (Phi) is 6.99. The average Bonchev–Trinajstić information content (AvgIpc) is 2.38. The third-order valence-corrected chi connectivity index (χ3v) is 4.03. The van der Waals surface area contributed by atoms with Gasteiger partial charge in [0.1, 0.15) is 0 Å². The smallest absolute Gasteiger partial charge is 0.237 e. The van der Waals surface area contributed by atoms with Gasteiger partial charge in [0.15, 0.2) is 0 Å². The molecule has 2 amide bonds. The molecule has 0 spiro atoms. The Morgan fingerprint density at radius 3 is 2.25 bits per heavy atom. The number of rotatable bonds is 6. The minimum absolute atomic E-state index is 0.0121. The monoisotopic (exact) mass is 283 g/mol. The van der Waals surface area contributed by atoms with Crippen molar-refractivity contribution >= 4 is 11.8 Å². The zero-order valence-corrected chi connectivity index (χ0v) is 13.3. The summed E-state index contributed by atoms with van der Waals surface area (Å²) in [6.07, 6.45) is 3.36. The van der Waals surface area contributed by atoms with Gasteiger partial charge in [-0.15, -0.1) is 0 Å². The molecule has 1 fully saturated rings. The van der Waals surface area contributed by atoms with Crippen molar-refractivity contribution in [2.45, 2.75) is 59.0 Å². The van der Waals surface area contributed by atoms with E-state index in [1.165, 1.54) is 6.42 Å². The number of likely N-dealkylation sites (N-methyl/N-ethyl adjacent to an activating group) is 2. The number of hydrogen-bond acceptors (Lipinski definition) is 3. The molecule has 5 heteroatoms. The van der Waals surface area contributed by atoms with Crippen LogP contribution in [0.4, 0.5) is 0 Å². The minimum Gasteiger partial charge on any atom is -0.355 e. The number of likely N-dealkylation sites (tertiary alicyclic amines) is 1. The Bertz CT molecular complexity index is 323. The molecule has 5 nitrogen and oxygen atoms in total. The predicted octanol–water partition coefficient (Wildman–Crippen LogP) is 1.23. The molecule has 2 atom stereocenters. The first kappa shape index (κ1) is 17.0. The van der Waals surface area contributed by atoms with E-state index in [1.807, 2.05) is 23.6 Å².